The Bertz CT molecular complexity index is 1010. The molecule has 7 heteroatoms. The van der Waals surface area contributed by atoms with Crippen molar-refractivity contribution in [1.82, 2.24) is 14.7 Å². The number of anilines is 1. The maximum atomic E-state index is 12.4. The fourth-order valence-corrected chi connectivity index (χ4v) is 4.00. The number of nitrogens with two attached hydrogens (primary N) is 1. The van der Waals surface area contributed by atoms with Gasteiger partial charge in [0.25, 0.3) is 5.91 Å². The van der Waals surface area contributed by atoms with E-state index in [0.29, 0.717) is 24.7 Å². The molecule has 1 fully saturated rings. The normalized spacial score (nSPS) is 14.6. The number of imidazole rings is 1. The highest BCUT2D eigenvalue weighted by molar-refractivity contribution is 5.95. The van der Waals surface area contributed by atoms with Crippen molar-refractivity contribution in [2.75, 3.05) is 25.5 Å². The minimum absolute atomic E-state index is 0.140. The standard InChI is InChI=1S/C23H29N5O2/c1-30-19-9-7-16(8-10-19)21-22(26-18-5-3-2-4-6-18)28-14-11-17(15-20(28)27-21)23(29)25-13-12-24/h7-11,14-15,18,26H,2-6,12-13,24H2,1H3,(H,25,29). The van der Waals surface area contributed by atoms with Gasteiger partial charge in [0.15, 0.2) is 0 Å². The molecule has 2 aromatic heterocycles. The molecule has 1 saturated carbocycles. The number of nitrogens with one attached hydrogen (secondary N) is 2. The van der Waals surface area contributed by atoms with Gasteiger partial charge in [-0.25, -0.2) is 4.98 Å². The van der Waals surface area contributed by atoms with Gasteiger partial charge in [-0.15, -0.1) is 0 Å². The van der Waals surface area contributed by atoms with Crippen LogP contribution >= 0.6 is 0 Å². The van der Waals surface area contributed by atoms with Crippen molar-refractivity contribution in [2.24, 2.45) is 5.73 Å². The van der Waals surface area contributed by atoms with Gasteiger partial charge in [0.1, 0.15) is 22.9 Å². The Kier molecular flexibility index (Phi) is 6.18. The van der Waals surface area contributed by atoms with Gasteiger partial charge in [-0.2, -0.15) is 0 Å². The number of fused-ring (bicyclic) bond motifs is 1. The van der Waals surface area contributed by atoms with Gasteiger partial charge < -0.3 is 21.1 Å². The van der Waals surface area contributed by atoms with Crippen molar-refractivity contribution >= 4 is 17.4 Å². The molecule has 1 aliphatic carbocycles. The summed E-state index contributed by atoms with van der Waals surface area (Å²) in [6, 6.07) is 12.0. The molecule has 0 radical (unpaired) electrons. The van der Waals surface area contributed by atoms with E-state index in [1.54, 1.807) is 7.11 Å². The SMILES string of the molecule is COc1ccc(-c2nc3cc(C(=O)NCCN)ccn3c2NC2CCCCC2)cc1. The van der Waals surface area contributed by atoms with Crippen molar-refractivity contribution in [3.05, 3.63) is 48.2 Å². The number of ether oxygens (including phenoxy) is 1. The number of rotatable bonds is 7. The second kappa shape index (κ2) is 9.17. The number of methoxy groups -OCH3 is 1. The van der Waals surface area contributed by atoms with Gasteiger partial charge in [0, 0.05) is 36.5 Å². The van der Waals surface area contributed by atoms with E-state index in [-0.39, 0.29) is 5.91 Å². The molecule has 1 amide bonds. The lowest BCUT2D eigenvalue weighted by atomic mass is 9.95. The van der Waals surface area contributed by atoms with Crippen molar-refractivity contribution in [3.8, 4) is 17.0 Å². The molecule has 1 aromatic carbocycles. The zero-order chi connectivity index (χ0) is 20.9. The first-order valence-corrected chi connectivity index (χ1v) is 10.6. The summed E-state index contributed by atoms with van der Waals surface area (Å²) < 4.78 is 7.33. The quantitative estimate of drug-likeness (QED) is 0.558. The van der Waals surface area contributed by atoms with Crippen LogP contribution in [-0.2, 0) is 0 Å². The average Bonchev–Trinajstić information content (AvgIpc) is 3.15. The maximum absolute atomic E-state index is 12.4. The summed E-state index contributed by atoms with van der Waals surface area (Å²) in [7, 11) is 1.66. The van der Waals surface area contributed by atoms with Crippen LogP contribution in [0.3, 0.4) is 0 Å². The predicted octanol–water partition coefficient (Wildman–Crippen LogP) is 3.44. The first kappa shape index (κ1) is 20.2. The summed E-state index contributed by atoms with van der Waals surface area (Å²) in [5.41, 5.74) is 8.69. The van der Waals surface area contributed by atoms with E-state index in [0.717, 1.165) is 41.3 Å². The van der Waals surface area contributed by atoms with Gasteiger partial charge in [-0.05, 0) is 49.2 Å². The van der Waals surface area contributed by atoms with Gasteiger partial charge >= 0.3 is 0 Å². The summed E-state index contributed by atoms with van der Waals surface area (Å²) in [4.78, 5) is 17.2. The van der Waals surface area contributed by atoms with Gasteiger partial charge in [-0.1, -0.05) is 19.3 Å². The van der Waals surface area contributed by atoms with Crippen molar-refractivity contribution < 1.29 is 9.53 Å². The molecule has 4 rings (SSSR count). The average molecular weight is 408 g/mol. The van der Waals surface area contributed by atoms with E-state index >= 15 is 0 Å². The van der Waals surface area contributed by atoms with Crippen LogP contribution in [0.5, 0.6) is 5.75 Å². The summed E-state index contributed by atoms with van der Waals surface area (Å²) in [5.74, 6) is 1.64. The van der Waals surface area contributed by atoms with Crippen LogP contribution in [0.4, 0.5) is 5.82 Å². The fourth-order valence-electron chi connectivity index (χ4n) is 4.00. The first-order valence-electron chi connectivity index (χ1n) is 10.6. The fraction of sp³-hybridized carbons (Fsp3) is 0.391. The van der Waals surface area contributed by atoms with Gasteiger partial charge in [0.2, 0.25) is 0 Å². The highest BCUT2D eigenvalue weighted by Gasteiger charge is 2.20. The molecular formula is C23H29N5O2. The molecule has 0 unspecified atom stereocenters. The third-order valence-corrected chi connectivity index (χ3v) is 5.63. The minimum atomic E-state index is -0.140. The summed E-state index contributed by atoms with van der Waals surface area (Å²) >= 11 is 0. The Morgan fingerprint density at radius 3 is 2.67 bits per heavy atom. The molecule has 1 aliphatic rings. The maximum Gasteiger partial charge on any atom is 0.251 e. The van der Waals surface area contributed by atoms with Crippen LogP contribution in [0.1, 0.15) is 42.5 Å². The smallest absolute Gasteiger partial charge is 0.251 e. The topological polar surface area (TPSA) is 93.7 Å². The monoisotopic (exact) mass is 407 g/mol. The minimum Gasteiger partial charge on any atom is -0.497 e. The Labute approximate surface area is 176 Å². The van der Waals surface area contributed by atoms with Crippen molar-refractivity contribution in [2.45, 2.75) is 38.1 Å². The van der Waals surface area contributed by atoms with E-state index in [4.69, 9.17) is 15.5 Å². The molecule has 0 atom stereocenters. The zero-order valence-corrected chi connectivity index (χ0v) is 17.4. The highest BCUT2D eigenvalue weighted by Crippen LogP contribution is 2.32. The lowest BCUT2D eigenvalue weighted by Gasteiger charge is -2.24. The first-order chi connectivity index (χ1) is 14.7. The number of aromatic nitrogens is 2. The van der Waals surface area contributed by atoms with Crippen LogP contribution in [0, 0.1) is 0 Å². The second-order valence-corrected chi connectivity index (χ2v) is 7.70. The number of carbonyl (C=O) groups excluding carboxylic acids is 1. The molecule has 30 heavy (non-hydrogen) atoms. The molecule has 3 aromatic rings. The molecule has 0 bridgehead atoms. The molecule has 0 saturated heterocycles. The Morgan fingerprint density at radius 1 is 1.20 bits per heavy atom. The molecule has 0 aliphatic heterocycles. The van der Waals surface area contributed by atoms with E-state index in [2.05, 4.69) is 10.6 Å². The van der Waals surface area contributed by atoms with Gasteiger partial charge in [-0.3, -0.25) is 9.20 Å². The zero-order valence-electron chi connectivity index (χ0n) is 17.4. The van der Waals surface area contributed by atoms with Crippen LogP contribution < -0.4 is 21.1 Å². The van der Waals surface area contributed by atoms with Crippen LogP contribution in [-0.4, -0.2) is 41.5 Å². The molecule has 2 heterocycles. The Morgan fingerprint density at radius 2 is 1.97 bits per heavy atom. The number of nitrogens with zero attached hydrogens (tertiary/aromatic N) is 2. The van der Waals surface area contributed by atoms with Crippen molar-refractivity contribution in [3.63, 3.8) is 0 Å². The third-order valence-electron chi connectivity index (χ3n) is 5.63. The van der Waals surface area contributed by atoms with E-state index in [1.165, 1.54) is 19.3 Å². The number of hydrogen-bond acceptors (Lipinski definition) is 5. The van der Waals surface area contributed by atoms with Crippen LogP contribution in [0.25, 0.3) is 16.9 Å². The Hall–Kier alpha value is -3.06. The van der Waals surface area contributed by atoms with Crippen LogP contribution in [0.2, 0.25) is 0 Å². The lowest BCUT2D eigenvalue weighted by Crippen LogP contribution is -2.29. The molecule has 7 nitrogen and oxygen atoms in total. The largest absolute Gasteiger partial charge is 0.497 e. The van der Waals surface area contributed by atoms with Crippen molar-refractivity contribution in [1.29, 1.82) is 0 Å². The molecule has 158 valence electrons. The molecule has 4 N–H and O–H groups in total. The number of amides is 1. The summed E-state index contributed by atoms with van der Waals surface area (Å²) in [6.45, 7) is 0.860. The second-order valence-electron chi connectivity index (χ2n) is 7.70. The number of pyridine rings is 1. The number of carbonyl (C=O) groups is 1. The summed E-state index contributed by atoms with van der Waals surface area (Å²) in [6.07, 6.45) is 8.04. The predicted molar refractivity (Wildman–Crippen MR) is 119 cm³/mol. The highest BCUT2D eigenvalue weighted by atomic mass is 16.5. The van der Waals surface area contributed by atoms with Crippen LogP contribution in [0.15, 0.2) is 42.6 Å². The number of benzene rings is 1. The Balaban J connectivity index is 1.74. The van der Waals surface area contributed by atoms with Gasteiger partial charge in [0.05, 0.1) is 7.11 Å². The van der Waals surface area contributed by atoms with E-state index in [9.17, 15) is 4.79 Å². The molecular weight excluding hydrogens is 378 g/mol. The number of hydrogen-bond donors (Lipinski definition) is 3. The summed E-state index contributed by atoms with van der Waals surface area (Å²) in [5, 5.41) is 6.55. The van der Waals surface area contributed by atoms with E-state index < -0.39 is 0 Å². The van der Waals surface area contributed by atoms with E-state index in [1.807, 2.05) is 47.0 Å². The molecule has 0 spiro atoms. The third kappa shape index (κ3) is 4.26. The lowest BCUT2D eigenvalue weighted by molar-refractivity contribution is 0.0954.